The van der Waals surface area contributed by atoms with Crippen LogP contribution in [-0.4, -0.2) is 21.3 Å². The van der Waals surface area contributed by atoms with Crippen LogP contribution in [0, 0.1) is 10.1 Å². The minimum Gasteiger partial charge on any atom is -0.411 e. The normalized spacial score (nSPS) is 11.0. The Morgan fingerprint density at radius 3 is 2.94 bits per heavy atom. The lowest BCUT2D eigenvalue weighted by Gasteiger charge is -2.01. The average molecular weight is 217 g/mol. The number of benzene rings is 1. The average Bonchev–Trinajstić information content (AvgIpc) is 2.28. The Morgan fingerprint density at radius 1 is 1.44 bits per heavy atom. The van der Waals surface area contributed by atoms with Crippen molar-refractivity contribution in [3.63, 3.8) is 0 Å². The maximum Gasteiger partial charge on any atom is 0.287 e. The van der Waals surface area contributed by atoms with Crippen LogP contribution in [0.1, 0.15) is 5.56 Å². The van der Waals surface area contributed by atoms with Crippen molar-refractivity contribution < 1.29 is 10.1 Å². The summed E-state index contributed by atoms with van der Waals surface area (Å²) in [5.41, 5.74) is 0.667. The molecule has 0 aliphatic heterocycles. The topological polar surface area (TPSA) is 88.6 Å². The number of aromatic nitrogens is 1. The number of hydrogen-bond acceptors (Lipinski definition) is 5. The molecule has 0 radical (unpaired) electrons. The largest absolute Gasteiger partial charge is 0.411 e. The highest BCUT2D eigenvalue weighted by Gasteiger charge is 2.17. The van der Waals surface area contributed by atoms with Gasteiger partial charge in [-0.3, -0.25) is 15.1 Å². The molecule has 1 heterocycles. The number of oxime groups is 1. The molecule has 6 heteroatoms. The van der Waals surface area contributed by atoms with E-state index in [0.717, 1.165) is 6.21 Å². The predicted molar refractivity (Wildman–Crippen MR) is 57.8 cm³/mol. The Balaban J connectivity index is 2.84. The first kappa shape index (κ1) is 10.0. The van der Waals surface area contributed by atoms with E-state index >= 15 is 0 Å². The molecule has 0 atom stereocenters. The minimum atomic E-state index is -0.513. The van der Waals surface area contributed by atoms with E-state index in [1.54, 1.807) is 24.4 Å². The zero-order valence-electron chi connectivity index (χ0n) is 8.07. The summed E-state index contributed by atoms with van der Waals surface area (Å²) in [5, 5.41) is 22.6. The maximum atomic E-state index is 10.9. The SMILES string of the molecule is O=[N+]([O-])c1c(C=NO)ccc2ncccc12. The van der Waals surface area contributed by atoms with Crippen molar-refractivity contribution in [1.82, 2.24) is 4.98 Å². The summed E-state index contributed by atoms with van der Waals surface area (Å²) in [5.74, 6) is 0. The fourth-order valence-electron chi connectivity index (χ4n) is 1.52. The van der Waals surface area contributed by atoms with Crippen LogP contribution in [0.2, 0.25) is 0 Å². The molecule has 1 aromatic carbocycles. The third kappa shape index (κ3) is 1.56. The Labute approximate surface area is 90.0 Å². The molecular weight excluding hydrogens is 210 g/mol. The number of pyridine rings is 1. The molecule has 0 saturated carbocycles. The zero-order chi connectivity index (χ0) is 11.5. The highest BCUT2D eigenvalue weighted by atomic mass is 16.6. The number of fused-ring (bicyclic) bond motifs is 1. The van der Waals surface area contributed by atoms with Gasteiger partial charge in [-0.1, -0.05) is 5.16 Å². The highest BCUT2D eigenvalue weighted by molar-refractivity contribution is 5.98. The van der Waals surface area contributed by atoms with E-state index in [1.807, 2.05) is 0 Å². The van der Waals surface area contributed by atoms with Crippen molar-refractivity contribution in [2.24, 2.45) is 5.16 Å². The van der Waals surface area contributed by atoms with Crippen molar-refractivity contribution >= 4 is 22.8 Å². The maximum absolute atomic E-state index is 10.9. The summed E-state index contributed by atoms with van der Waals surface area (Å²) < 4.78 is 0. The Kier molecular flexibility index (Phi) is 2.47. The van der Waals surface area contributed by atoms with E-state index in [0.29, 0.717) is 10.9 Å². The Morgan fingerprint density at radius 2 is 2.25 bits per heavy atom. The fraction of sp³-hybridized carbons (Fsp3) is 0. The van der Waals surface area contributed by atoms with Gasteiger partial charge < -0.3 is 5.21 Å². The van der Waals surface area contributed by atoms with Crippen LogP contribution < -0.4 is 0 Å². The van der Waals surface area contributed by atoms with Gasteiger partial charge in [0.05, 0.1) is 27.6 Å². The van der Waals surface area contributed by atoms with Crippen LogP contribution in [0.4, 0.5) is 5.69 Å². The van der Waals surface area contributed by atoms with Gasteiger partial charge in [-0.05, 0) is 24.3 Å². The first-order chi connectivity index (χ1) is 7.74. The first-order valence-electron chi connectivity index (χ1n) is 4.43. The fourth-order valence-corrected chi connectivity index (χ4v) is 1.52. The number of nitro groups is 1. The molecule has 0 saturated heterocycles. The second kappa shape index (κ2) is 3.93. The lowest BCUT2D eigenvalue weighted by molar-refractivity contribution is -0.383. The van der Waals surface area contributed by atoms with E-state index in [4.69, 9.17) is 5.21 Å². The summed E-state index contributed by atoms with van der Waals surface area (Å²) >= 11 is 0. The molecule has 0 spiro atoms. The molecule has 0 fully saturated rings. The molecule has 80 valence electrons. The van der Waals surface area contributed by atoms with E-state index < -0.39 is 4.92 Å². The van der Waals surface area contributed by atoms with Gasteiger partial charge in [-0.25, -0.2) is 0 Å². The van der Waals surface area contributed by atoms with Gasteiger partial charge in [0.2, 0.25) is 0 Å². The summed E-state index contributed by atoms with van der Waals surface area (Å²) in [7, 11) is 0. The van der Waals surface area contributed by atoms with Crippen LogP contribution in [0.15, 0.2) is 35.6 Å². The van der Waals surface area contributed by atoms with E-state index in [1.165, 1.54) is 6.07 Å². The number of nitro benzene ring substituents is 1. The Hall–Kier alpha value is -2.50. The third-order valence-electron chi connectivity index (χ3n) is 2.17. The smallest absolute Gasteiger partial charge is 0.287 e. The molecule has 0 aliphatic rings. The van der Waals surface area contributed by atoms with Gasteiger partial charge >= 0.3 is 0 Å². The van der Waals surface area contributed by atoms with Gasteiger partial charge in [0.1, 0.15) is 0 Å². The predicted octanol–water partition coefficient (Wildman–Crippen LogP) is 1.95. The van der Waals surface area contributed by atoms with Gasteiger partial charge in [-0.2, -0.15) is 0 Å². The molecule has 2 aromatic rings. The van der Waals surface area contributed by atoms with Crippen LogP contribution in [0.25, 0.3) is 10.9 Å². The summed E-state index contributed by atoms with van der Waals surface area (Å²) in [4.78, 5) is 14.4. The van der Waals surface area contributed by atoms with Gasteiger partial charge in [-0.15, -0.1) is 0 Å². The zero-order valence-corrected chi connectivity index (χ0v) is 8.07. The van der Waals surface area contributed by atoms with E-state index in [9.17, 15) is 10.1 Å². The number of rotatable bonds is 2. The number of hydrogen-bond donors (Lipinski definition) is 1. The molecule has 2 rings (SSSR count). The second-order valence-corrected chi connectivity index (χ2v) is 3.08. The highest BCUT2D eigenvalue weighted by Crippen LogP contribution is 2.27. The van der Waals surface area contributed by atoms with Crippen molar-refractivity contribution in [2.45, 2.75) is 0 Å². The van der Waals surface area contributed by atoms with Crippen molar-refractivity contribution in [2.75, 3.05) is 0 Å². The molecule has 0 unspecified atom stereocenters. The lowest BCUT2D eigenvalue weighted by Crippen LogP contribution is -1.96. The van der Waals surface area contributed by atoms with Gasteiger partial charge in [0, 0.05) is 6.20 Å². The second-order valence-electron chi connectivity index (χ2n) is 3.08. The first-order valence-corrected chi connectivity index (χ1v) is 4.43. The molecule has 6 nitrogen and oxygen atoms in total. The minimum absolute atomic E-state index is 0.108. The van der Waals surface area contributed by atoms with E-state index in [2.05, 4.69) is 10.1 Å². The van der Waals surface area contributed by atoms with Crippen LogP contribution >= 0.6 is 0 Å². The Bertz CT molecular complexity index is 581. The molecular formula is C10H7N3O3. The number of nitrogens with zero attached hydrogens (tertiary/aromatic N) is 3. The van der Waals surface area contributed by atoms with Crippen molar-refractivity contribution in [1.29, 1.82) is 0 Å². The lowest BCUT2D eigenvalue weighted by atomic mass is 10.1. The summed E-state index contributed by atoms with van der Waals surface area (Å²) in [6.07, 6.45) is 2.59. The molecule has 0 amide bonds. The quantitative estimate of drug-likeness (QED) is 0.360. The van der Waals surface area contributed by atoms with Gasteiger partial charge in [0.15, 0.2) is 0 Å². The van der Waals surface area contributed by atoms with Crippen LogP contribution in [0.5, 0.6) is 0 Å². The van der Waals surface area contributed by atoms with E-state index in [-0.39, 0.29) is 11.3 Å². The van der Waals surface area contributed by atoms with Crippen molar-refractivity contribution in [3.05, 3.63) is 46.1 Å². The summed E-state index contributed by atoms with van der Waals surface area (Å²) in [6, 6.07) is 6.36. The molecule has 0 aliphatic carbocycles. The van der Waals surface area contributed by atoms with Gasteiger partial charge in [0.25, 0.3) is 5.69 Å². The van der Waals surface area contributed by atoms with Crippen molar-refractivity contribution in [3.8, 4) is 0 Å². The molecule has 1 N–H and O–H groups in total. The monoisotopic (exact) mass is 217 g/mol. The third-order valence-corrected chi connectivity index (χ3v) is 2.17. The molecule has 0 bridgehead atoms. The summed E-state index contributed by atoms with van der Waals surface area (Å²) in [6.45, 7) is 0. The molecule has 16 heavy (non-hydrogen) atoms. The molecule has 1 aromatic heterocycles. The van der Waals surface area contributed by atoms with Crippen LogP contribution in [-0.2, 0) is 0 Å². The standard InChI is InChI=1S/C10H7N3O3/c14-12-6-7-3-4-9-8(2-1-5-11-9)10(7)13(15)16/h1-6,14H. The van der Waals surface area contributed by atoms with Crippen LogP contribution in [0.3, 0.4) is 0 Å².